The Labute approximate surface area is 165 Å². The highest BCUT2D eigenvalue weighted by molar-refractivity contribution is 5.96. The molecule has 0 heterocycles. The van der Waals surface area contributed by atoms with E-state index in [1.165, 1.54) is 11.8 Å². The van der Waals surface area contributed by atoms with Crippen molar-refractivity contribution in [2.75, 3.05) is 25.5 Å². The molecule has 6 nitrogen and oxygen atoms in total. The molecule has 0 bridgehead atoms. The lowest BCUT2D eigenvalue weighted by atomic mass is 10.1. The normalized spacial score (nSPS) is 10.3. The van der Waals surface area contributed by atoms with Crippen LogP contribution in [0.2, 0.25) is 0 Å². The summed E-state index contributed by atoms with van der Waals surface area (Å²) in [5.74, 6) is -0.248. The van der Waals surface area contributed by atoms with E-state index in [4.69, 9.17) is 4.74 Å². The zero-order chi connectivity index (χ0) is 20.8. The molecule has 0 atom stereocenters. The van der Waals surface area contributed by atoms with Crippen molar-refractivity contribution in [2.24, 2.45) is 0 Å². The van der Waals surface area contributed by atoms with E-state index >= 15 is 0 Å². The van der Waals surface area contributed by atoms with Crippen LogP contribution in [0.5, 0.6) is 5.75 Å². The van der Waals surface area contributed by atoms with Crippen LogP contribution in [0.4, 0.5) is 5.69 Å². The monoisotopic (exact) mass is 382 g/mol. The van der Waals surface area contributed by atoms with Crippen LogP contribution in [-0.2, 0) is 9.59 Å². The number of hydrogen-bond donors (Lipinski definition) is 1. The van der Waals surface area contributed by atoms with Gasteiger partial charge < -0.3 is 15.0 Å². The number of anilines is 1. The third kappa shape index (κ3) is 5.67. The molecule has 1 N–H and O–H groups in total. The second kappa shape index (κ2) is 9.17. The average molecular weight is 382 g/mol. The van der Waals surface area contributed by atoms with E-state index < -0.39 is 0 Å². The molecule has 0 aliphatic heterocycles. The number of nitrogens with zero attached hydrogens (tertiary/aromatic N) is 1. The highest BCUT2D eigenvalue weighted by Gasteiger charge is 2.15. The Morgan fingerprint density at radius 2 is 1.68 bits per heavy atom. The number of nitrogens with one attached hydrogen (secondary N) is 1. The number of carbonyl (C=O) groups excluding carboxylic acids is 3. The van der Waals surface area contributed by atoms with Crippen LogP contribution >= 0.6 is 0 Å². The minimum Gasteiger partial charge on any atom is -0.484 e. The van der Waals surface area contributed by atoms with Gasteiger partial charge in [0.2, 0.25) is 5.91 Å². The van der Waals surface area contributed by atoms with Gasteiger partial charge in [-0.25, -0.2) is 0 Å². The number of ether oxygens (including phenoxy) is 1. The van der Waals surface area contributed by atoms with Crippen LogP contribution in [0, 0.1) is 20.8 Å². The maximum absolute atomic E-state index is 12.3. The maximum Gasteiger partial charge on any atom is 0.260 e. The van der Waals surface area contributed by atoms with Gasteiger partial charge in [-0.05, 0) is 51.0 Å². The number of amides is 2. The molecule has 0 unspecified atom stereocenters. The van der Waals surface area contributed by atoms with Gasteiger partial charge in [0.15, 0.2) is 12.4 Å². The van der Waals surface area contributed by atoms with E-state index in [2.05, 4.69) is 5.32 Å². The summed E-state index contributed by atoms with van der Waals surface area (Å²) in [5, 5.41) is 2.87. The molecule has 148 valence electrons. The highest BCUT2D eigenvalue weighted by Crippen LogP contribution is 2.21. The predicted molar refractivity (Wildman–Crippen MR) is 109 cm³/mol. The number of ketones is 1. The zero-order valence-corrected chi connectivity index (χ0v) is 17.0. The van der Waals surface area contributed by atoms with Gasteiger partial charge in [-0.1, -0.05) is 29.8 Å². The number of aryl methyl sites for hydroxylation is 3. The molecule has 0 radical (unpaired) electrons. The topological polar surface area (TPSA) is 75.7 Å². The number of benzene rings is 2. The summed E-state index contributed by atoms with van der Waals surface area (Å²) >= 11 is 0. The molecule has 0 fully saturated rings. The van der Waals surface area contributed by atoms with E-state index in [0.29, 0.717) is 11.3 Å². The molecular weight excluding hydrogens is 356 g/mol. The molecule has 0 saturated carbocycles. The maximum atomic E-state index is 12.3. The second-order valence-electron chi connectivity index (χ2n) is 6.94. The summed E-state index contributed by atoms with van der Waals surface area (Å²) in [6.45, 7) is 7.05. The van der Waals surface area contributed by atoms with Gasteiger partial charge in [-0.3, -0.25) is 14.4 Å². The molecular formula is C22H26N2O4. The smallest absolute Gasteiger partial charge is 0.260 e. The summed E-state index contributed by atoms with van der Waals surface area (Å²) in [6, 6.07) is 10.6. The van der Waals surface area contributed by atoms with Gasteiger partial charge in [0, 0.05) is 18.3 Å². The summed E-state index contributed by atoms with van der Waals surface area (Å²) in [7, 11) is 1.55. The Hall–Kier alpha value is -3.15. The van der Waals surface area contributed by atoms with Gasteiger partial charge in [0.05, 0.1) is 6.54 Å². The van der Waals surface area contributed by atoms with E-state index in [1.807, 2.05) is 32.9 Å². The van der Waals surface area contributed by atoms with Crippen molar-refractivity contribution < 1.29 is 19.1 Å². The minimum atomic E-state index is -0.333. The largest absolute Gasteiger partial charge is 0.484 e. The molecule has 0 aromatic heterocycles. The van der Waals surface area contributed by atoms with Gasteiger partial charge in [0.1, 0.15) is 5.75 Å². The lowest BCUT2D eigenvalue weighted by Crippen LogP contribution is -2.37. The average Bonchev–Trinajstić information content (AvgIpc) is 2.62. The summed E-state index contributed by atoms with van der Waals surface area (Å²) in [6.07, 6.45) is 0. The Bertz CT molecular complexity index is 882. The predicted octanol–water partition coefficient (Wildman–Crippen LogP) is 3.29. The molecule has 0 aliphatic carbocycles. The standard InChI is InChI=1S/C22H26N2O4/c1-14-9-15(2)22(16(3)10-14)23-20(26)12-24(5)21(27)13-28-19-8-6-7-18(11-19)17(4)25/h6-11H,12-13H2,1-5H3,(H,23,26). The second-order valence-corrected chi connectivity index (χ2v) is 6.94. The molecule has 2 rings (SSSR count). The fraction of sp³-hybridized carbons (Fsp3) is 0.318. The number of carbonyl (C=O) groups is 3. The van der Waals surface area contributed by atoms with Crippen LogP contribution in [0.3, 0.4) is 0 Å². The zero-order valence-electron chi connectivity index (χ0n) is 17.0. The first-order chi connectivity index (χ1) is 13.2. The van der Waals surface area contributed by atoms with Crippen LogP contribution in [0.15, 0.2) is 36.4 Å². The molecule has 6 heteroatoms. The van der Waals surface area contributed by atoms with Gasteiger partial charge in [-0.2, -0.15) is 0 Å². The Balaban J connectivity index is 1.91. The van der Waals surface area contributed by atoms with Crippen molar-refractivity contribution in [3.63, 3.8) is 0 Å². The fourth-order valence-corrected chi connectivity index (χ4v) is 2.92. The van der Waals surface area contributed by atoms with Crippen molar-refractivity contribution >= 4 is 23.3 Å². The van der Waals surface area contributed by atoms with Gasteiger partial charge >= 0.3 is 0 Å². The SMILES string of the molecule is CC(=O)c1cccc(OCC(=O)N(C)CC(=O)Nc2c(C)cc(C)cc2C)c1. The van der Waals surface area contributed by atoms with E-state index in [9.17, 15) is 14.4 Å². The molecule has 0 aliphatic rings. The first kappa shape index (κ1) is 21.2. The van der Waals surface area contributed by atoms with Crippen LogP contribution < -0.4 is 10.1 Å². The Morgan fingerprint density at radius 1 is 1.04 bits per heavy atom. The Morgan fingerprint density at radius 3 is 2.29 bits per heavy atom. The number of Topliss-reactive ketones (excluding diaryl/α,β-unsaturated/α-hetero) is 1. The van der Waals surface area contributed by atoms with Crippen LogP contribution in [0.25, 0.3) is 0 Å². The van der Waals surface area contributed by atoms with E-state index in [0.717, 1.165) is 22.4 Å². The number of likely N-dealkylation sites (N-methyl/N-ethyl adjacent to an activating group) is 1. The molecule has 2 aromatic rings. The van der Waals surface area contributed by atoms with Crippen LogP contribution in [0.1, 0.15) is 34.0 Å². The Kier molecular flexibility index (Phi) is 6.93. The van der Waals surface area contributed by atoms with E-state index in [1.54, 1.807) is 31.3 Å². The fourth-order valence-electron chi connectivity index (χ4n) is 2.92. The van der Waals surface area contributed by atoms with Crippen molar-refractivity contribution in [3.8, 4) is 5.75 Å². The molecule has 28 heavy (non-hydrogen) atoms. The summed E-state index contributed by atoms with van der Waals surface area (Å²) in [4.78, 5) is 37.3. The van der Waals surface area contributed by atoms with Gasteiger partial charge in [0.25, 0.3) is 5.91 Å². The number of rotatable bonds is 7. The third-order valence-corrected chi connectivity index (χ3v) is 4.35. The lowest BCUT2D eigenvalue weighted by Gasteiger charge is -2.18. The summed E-state index contributed by atoms with van der Waals surface area (Å²) < 4.78 is 5.46. The molecule has 2 aromatic carbocycles. The first-order valence-corrected chi connectivity index (χ1v) is 9.03. The number of hydrogen-bond acceptors (Lipinski definition) is 4. The molecule has 0 saturated heterocycles. The minimum absolute atomic E-state index is 0.0766. The quantitative estimate of drug-likeness (QED) is 0.746. The summed E-state index contributed by atoms with van der Waals surface area (Å²) in [5.41, 5.74) is 4.38. The molecule has 2 amide bonds. The van der Waals surface area contributed by atoms with Crippen molar-refractivity contribution in [1.29, 1.82) is 0 Å². The van der Waals surface area contributed by atoms with Crippen LogP contribution in [-0.4, -0.2) is 42.7 Å². The third-order valence-electron chi connectivity index (χ3n) is 4.35. The highest BCUT2D eigenvalue weighted by atomic mass is 16.5. The van der Waals surface area contributed by atoms with Gasteiger partial charge in [-0.15, -0.1) is 0 Å². The van der Waals surface area contributed by atoms with E-state index in [-0.39, 0.29) is 30.7 Å². The van der Waals surface area contributed by atoms with Crippen molar-refractivity contribution in [2.45, 2.75) is 27.7 Å². The van der Waals surface area contributed by atoms with Crippen molar-refractivity contribution in [1.82, 2.24) is 4.90 Å². The first-order valence-electron chi connectivity index (χ1n) is 9.03. The molecule has 0 spiro atoms. The van der Waals surface area contributed by atoms with Crippen molar-refractivity contribution in [3.05, 3.63) is 58.7 Å². The lowest BCUT2D eigenvalue weighted by molar-refractivity contribution is -0.135.